The molecule has 0 radical (unpaired) electrons. The zero-order valence-corrected chi connectivity index (χ0v) is 9.25. The molecule has 14 heavy (non-hydrogen) atoms. The van der Waals surface area contributed by atoms with Gasteiger partial charge in [0.1, 0.15) is 12.1 Å². The molecule has 3 nitrogen and oxygen atoms in total. The molecule has 1 rings (SSSR count). The molecule has 1 unspecified atom stereocenters. The number of anilines is 1. The summed E-state index contributed by atoms with van der Waals surface area (Å²) in [5.41, 5.74) is 1.12. The molecule has 0 saturated heterocycles. The van der Waals surface area contributed by atoms with Crippen LogP contribution in [0.4, 0.5) is 5.82 Å². The van der Waals surface area contributed by atoms with Crippen LogP contribution in [0.25, 0.3) is 0 Å². The number of hydrogen-bond acceptors (Lipinski definition) is 3. The monoisotopic (exact) mass is 193 g/mol. The lowest BCUT2D eigenvalue weighted by Crippen LogP contribution is -2.14. The van der Waals surface area contributed by atoms with Crippen LogP contribution in [0, 0.1) is 0 Å². The normalized spacial score (nSPS) is 12.5. The van der Waals surface area contributed by atoms with Crippen LogP contribution in [0.3, 0.4) is 0 Å². The predicted molar refractivity (Wildman–Crippen MR) is 59.4 cm³/mol. The van der Waals surface area contributed by atoms with Crippen LogP contribution >= 0.6 is 0 Å². The lowest BCUT2D eigenvalue weighted by molar-refractivity contribution is 0.756. The third kappa shape index (κ3) is 3.32. The van der Waals surface area contributed by atoms with Crippen molar-refractivity contribution in [2.24, 2.45) is 0 Å². The van der Waals surface area contributed by atoms with E-state index in [1.807, 2.05) is 6.07 Å². The first-order valence-electron chi connectivity index (χ1n) is 5.33. The van der Waals surface area contributed by atoms with Gasteiger partial charge in [-0.3, -0.25) is 0 Å². The molecule has 1 N–H and O–H groups in total. The van der Waals surface area contributed by atoms with Crippen molar-refractivity contribution in [1.82, 2.24) is 9.97 Å². The highest BCUT2D eigenvalue weighted by atomic mass is 15.0. The summed E-state index contributed by atoms with van der Waals surface area (Å²) in [5.74, 6) is 0.942. The summed E-state index contributed by atoms with van der Waals surface area (Å²) in [6.45, 7) is 6.47. The SMILES string of the molecule is CCCc1cc(NC(C)CC)ncn1. The van der Waals surface area contributed by atoms with Gasteiger partial charge < -0.3 is 5.32 Å². The van der Waals surface area contributed by atoms with Gasteiger partial charge in [-0.05, 0) is 19.8 Å². The van der Waals surface area contributed by atoms with Crippen LogP contribution in [0.2, 0.25) is 0 Å². The van der Waals surface area contributed by atoms with E-state index in [4.69, 9.17) is 0 Å². The number of nitrogens with zero attached hydrogens (tertiary/aromatic N) is 2. The second-order valence-electron chi connectivity index (χ2n) is 3.60. The molecule has 1 aromatic rings. The molecule has 1 atom stereocenters. The fourth-order valence-electron chi connectivity index (χ4n) is 1.22. The van der Waals surface area contributed by atoms with Crippen LogP contribution in [0.1, 0.15) is 39.3 Å². The molecular formula is C11H19N3. The fourth-order valence-corrected chi connectivity index (χ4v) is 1.22. The molecule has 0 spiro atoms. The number of rotatable bonds is 5. The van der Waals surface area contributed by atoms with E-state index in [9.17, 15) is 0 Å². The summed E-state index contributed by atoms with van der Waals surface area (Å²) in [5, 5.41) is 3.34. The van der Waals surface area contributed by atoms with E-state index < -0.39 is 0 Å². The Morgan fingerprint density at radius 1 is 1.36 bits per heavy atom. The van der Waals surface area contributed by atoms with E-state index in [2.05, 4.69) is 36.1 Å². The van der Waals surface area contributed by atoms with E-state index in [0.717, 1.165) is 30.8 Å². The first-order chi connectivity index (χ1) is 6.76. The molecule has 0 aliphatic rings. The average molecular weight is 193 g/mol. The molecule has 0 saturated carbocycles. The Bertz CT molecular complexity index is 273. The molecule has 0 amide bonds. The van der Waals surface area contributed by atoms with Gasteiger partial charge in [0.05, 0.1) is 0 Å². The third-order valence-corrected chi connectivity index (χ3v) is 2.24. The first-order valence-corrected chi connectivity index (χ1v) is 5.33. The molecule has 78 valence electrons. The van der Waals surface area contributed by atoms with Crippen molar-refractivity contribution in [3.63, 3.8) is 0 Å². The summed E-state index contributed by atoms with van der Waals surface area (Å²) < 4.78 is 0. The summed E-state index contributed by atoms with van der Waals surface area (Å²) in [6.07, 6.45) is 4.89. The van der Waals surface area contributed by atoms with Crippen LogP contribution in [0.5, 0.6) is 0 Å². The largest absolute Gasteiger partial charge is 0.368 e. The van der Waals surface area contributed by atoms with E-state index in [-0.39, 0.29) is 0 Å². The topological polar surface area (TPSA) is 37.8 Å². The Morgan fingerprint density at radius 2 is 2.14 bits per heavy atom. The van der Waals surface area contributed by atoms with Gasteiger partial charge in [-0.2, -0.15) is 0 Å². The molecule has 0 aromatic carbocycles. The van der Waals surface area contributed by atoms with Crippen molar-refractivity contribution in [2.75, 3.05) is 5.32 Å². The Kier molecular flexibility index (Phi) is 4.36. The number of nitrogens with one attached hydrogen (secondary N) is 1. The Morgan fingerprint density at radius 3 is 2.79 bits per heavy atom. The average Bonchev–Trinajstić information content (AvgIpc) is 2.19. The highest BCUT2D eigenvalue weighted by Gasteiger charge is 2.01. The number of aromatic nitrogens is 2. The van der Waals surface area contributed by atoms with Crippen molar-refractivity contribution < 1.29 is 0 Å². The van der Waals surface area contributed by atoms with Crippen molar-refractivity contribution in [1.29, 1.82) is 0 Å². The van der Waals surface area contributed by atoms with Crippen molar-refractivity contribution in [2.45, 2.75) is 46.1 Å². The highest BCUT2D eigenvalue weighted by molar-refractivity contribution is 5.35. The van der Waals surface area contributed by atoms with E-state index in [1.54, 1.807) is 6.33 Å². The minimum Gasteiger partial charge on any atom is -0.368 e. The minimum absolute atomic E-state index is 0.472. The Hall–Kier alpha value is -1.12. The second kappa shape index (κ2) is 5.58. The zero-order chi connectivity index (χ0) is 10.4. The van der Waals surface area contributed by atoms with Crippen molar-refractivity contribution >= 4 is 5.82 Å². The predicted octanol–water partition coefficient (Wildman–Crippen LogP) is 2.64. The Labute approximate surface area is 86.0 Å². The molecule has 3 heteroatoms. The fraction of sp³-hybridized carbons (Fsp3) is 0.636. The molecule has 0 aliphatic heterocycles. The lowest BCUT2D eigenvalue weighted by Gasteiger charge is -2.12. The van der Waals surface area contributed by atoms with E-state index >= 15 is 0 Å². The second-order valence-corrected chi connectivity index (χ2v) is 3.60. The van der Waals surface area contributed by atoms with Crippen LogP contribution in [-0.4, -0.2) is 16.0 Å². The van der Waals surface area contributed by atoms with Gasteiger partial charge in [-0.15, -0.1) is 0 Å². The van der Waals surface area contributed by atoms with Crippen LogP contribution in [0.15, 0.2) is 12.4 Å². The smallest absolute Gasteiger partial charge is 0.129 e. The molecule has 1 heterocycles. The van der Waals surface area contributed by atoms with Gasteiger partial charge in [0.15, 0.2) is 0 Å². The van der Waals surface area contributed by atoms with Gasteiger partial charge in [0.2, 0.25) is 0 Å². The maximum absolute atomic E-state index is 4.21. The van der Waals surface area contributed by atoms with Crippen LogP contribution < -0.4 is 5.32 Å². The summed E-state index contributed by atoms with van der Waals surface area (Å²) >= 11 is 0. The van der Waals surface area contributed by atoms with Gasteiger partial charge in [0, 0.05) is 17.8 Å². The summed E-state index contributed by atoms with van der Waals surface area (Å²) in [6, 6.07) is 2.51. The van der Waals surface area contributed by atoms with Crippen molar-refractivity contribution in [3.05, 3.63) is 18.1 Å². The zero-order valence-electron chi connectivity index (χ0n) is 9.25. The maximum atomic E-state index is 4.21. The van der Waals surface area contributed by atoms with Crippen molar-refractivity contribution in [3.8, 4) is 0 Å². The number of hydrogen-bond donors (Lipinski definition) is 1. The third-order valence-electron chi connectivity index (χ3n) is 2.24. The molecule has 0 aliphatic carbocycles. The molecule has 1 aromatic heterocycles. The van der Waals surface area contributed by atoms with Gasteiger partial charge in [-0.25, -0.2) is 9.97 Å². The van der Waals surface area contributed by atoms with Gasteiger partial charge in [0.25, 0.3) is 0 Å². The maximum Gasteiger partial charge on any atom is 0.129 e. The quantitative estimate of drug-likeness (QED) is 0.781. The summed E-state index contributed by atoms with van der Waals surface area (Å²) in [7, 11) is 0. The van der Waals surface area contributed by atoms with Crippen LogP contribution in [-0.2, 0) is 6.42 Å². The first kappa shape index (κ1) is 11.0. The van der Waals surface area contributed by atoms with E-state index in [0.29, 0.717) is 6.04 Å². The standard InChI is InChI=1S/C11H19N3/c1-4-6-10-7-11(13-8-12-10)14-9(3)5-2/h7-9H,4-6H2,1-3H3,(H,12,13,14). The minimum atomic E-state index is 0.472. The van der Waals surface area contributed by atoms with Gasteiger partial charge >= 0.3 is 0 Å². The number of aryl methyl sites for hydroxylation is 1. The molecule has 0 bridgehead atoms. The van der Waals surface area contributed by atoms with E-state index in [1.165, 1.54) is 0 Å². The lowest BCUT2D eigenvalue weighted by atomic mass is 10.2. The molecule has 0 fully saturated rings. The Balaban J connectivity index is 2.63. The summed E-state index contributed by atoms with van der Waals surface area (Å²) in [4.78, 5) is 8.40. The highest BCUT2D eigenvalue weighted by Crippen LogP contribution is 2.08. The molecular weight excluding hydrogens is 174 g/mol. The van der Waals surface area contributed by atoms with Gasteiger partial charge in [-0.1, -0.05) is 20.3 Å².